The van der Waals surface area contributed by atoms with E-state index in [1.807, 2.05) is 7.05 Å². The van der Waals surface area contributed by atoms with Gasteiger partial charge in [-0.1, -0.05) is 0 Å². The molecule has 0 N–H and O–H groups in total. The molecular formula is C9H20N2. The molecule has 0 aliphatic carbocycles. The third-order valence-corrected chi connectivity index (χ3v) is 2.09. The lowest BCUT2D eigenvalue weighted by molar-refractivity contribution is 0.282. The van der Waals surface area contributed by atoms with E-state index in [1.54, 1.807) is 0 Å². The predicted molar refractivity (Wildman–Crippen MR) is 51.4 cm³/mol. The Bertz CT molecular complexity index is 128. The van der Waals surface area contributed by atoms with Gasteiger partial charge in [0, 0.05) is 25.3 Å². The van der Waals surface area contributed by atoms with Gasteiger partial charge in [-0.15, -0.1) is 0 Å². The Labute approximate surface area is 70.3 Å². The Morgan fingerprint density at radius 3 is 2.36 bits per heavy atom. The van der Waals surface area contributed by atoms with E-state index in [0.29, 0.717) is 6.04 Å². The molecule has 0 spiro atoms. The molecule has 0 aliphatic heterocycles. The van der Waals surface area contributed by atoms with Crippen LogP contribution in [0.3, 0.4) is 0 Å². The summed E-state index contributed by atoms with van der Waals surface area (Å²) in [6.07, 6.45) is 1.09. The zero-order chi connectivity index (χ0) is 8.85. The number of hydrogen-bond acceptors (Lipinski definition) is 2. The van der Waals surface area contributed by atoms with E-state index in [-0.39, 0.29) is 0 Å². The summed E-state index contributed by atoms with van der Waals surface area (Å²) < 4.78 is 0. The summed E-state index contributed by atoms with van der Waals surface area (Å²) in [5, 5.41) is 0. The second-order valence-corrected chi connectivity index (χ2v) is 3.28. The normalized spacial score (nSPS) is 13.2. The van der Waals surface area contributed by atoms with Crippen molar-refractivity contribution in [2.24, 2.45) is 4.99 Å². The van der Waals surface area contributed by atoms with Gasteiger partial charge in [0.15, 0.2) is 0 Å². The molecule has 0 saturated heterocycles. The smallest absolute Gasteiger partial charge is 0.0276 e. The first-order valence-electron chi connectivity index (χ1n) is 4.20. The van der Waals surface area contributed by atoms with Crippen LogP contribution in [0.5, 0.6) is 0 Å². The molecule has 0 fully saturated rings. The van der Waals surface area contributed by atoms with E-state index in [4.69, 9.17) is 0 Å². The van der Waals surface area contributed by atoms with Gasteiger partial charge in [0.05, 0.1) is 0 Å². The monoisotopic (exact) mass is 156 g/mol. The first-order valence-corrected chi connectivity index (χ1v) is 4.20. The lowest BCUT2D eigenvalue weighted by Crippen LogP contribution is -2.28. The highest BCUT2D eigenvalue weighted by Gasteiger charge is 2.02. The number of hydrogen-bond donors (Lipinski definition) is 0. The molecule has 0 heterocycles. The molecule has 2 heteroatoms. The van der Waals surface area contributed by atoms with Gasteiger partial charge in [0.1, 0.15) is 0 Å². The van der Waals surface area contributed by atoms with Crippen molar-refractivity contribution in [1.29, 1.82) is 0 Å². The standard InChI is InChI=1S/C9H20N2/c1-8(2)11(5)7-6-9(3)10-4/h8H,6-7H2,1-5H3. The molecule has 0 atom stereocenters. The predicted octanol–water partition coefficient (Wildman–Crippen LogP) is 1.81. The molecule has 11 heavy (non-hydrogen) atoms. The molecule has 66 valence electrons. The van der Waals surface area contributed by atoms with Gasteiger partial charge in [0.2, 0.25) is 0 Å². The Morgan fingerprint density at radius 1 is 1.45 bits per heavy atom. The highest BCUT2D eigenvalue weighted by atomic mass is 15.1. The highest BCUT2D eigenvalue weighted by Crippen LogP contribution is 1.96. The van der Waals surface area contributed by atoms with E-state index in [0.717, 1.165) is 13.0 Å². The SMILES string of the molecule is CN=C(C)CCN(C)C(C)C. The molecule has 0 aromatic heterocycles. The molecule has 0 bridgehead atoms. The largest absolute Gasteiger partial charge is 0.304 e. The van der Waals surface area contributed by atoms with Crippen molar-refractivity contribution < 1.29 is 0 Å². The van der Waals surface area contributed by atoms with E-state index < -0.39 is 0 Å². The maximum absolute atomic E-state index is 4.11. The summed E-state index contributed by atoms with van der Waals surface area (Å²) in [5.74, 6) is 0. The molecule has 0 rings (SSSR count). The van der Waals surface area contributed by atoms with Gasteiger partial charge in [-0.05, 0) is 34.2 Å². The lowest BCUT2D eigenvalue weighted by Gasteiger charge is -2.20. The quantitative estimate of drug-likeness (QED) is 0.567. The van der Waals surface area contributed by atoms with Gasteiger partial charge in [-0.25, -0.2) is 0 Å². The second-order valence-electron chi connectivity index (χ2n) is 3.28. The number of nitrogens with zero attached hydrogens (tertiary/aromatic N) is 2. The minimum Gasteiger partial charge on any atom is -0.304 e. The molecule has 0 aromatic carbocycles. The molecular weight excluding hydrogens is 136 g/mol. The molecule has 0 radical (unpaired) electrons. The van der Waals surface area contributed by atoms with E-state index >= 15 is 0 Å². The van der Waals surface area contributed by atoms with Crippen molar-refractivity contribution in [3.63, 3.8) is 0 Å². The van der Waals surface area contributed by atoms with Gasteiger partial charge >= 0.3 is 0 Å². The maximum Gasteiger partial charge on any atom is 0.0276 e. The van der Waals surface area contributed by atoms with Gasteiger partial charge in [0.25, 0.3) is 0 Å². The summed E-state index contributed by atoms with van der Waals surface area (Å²) >= 11 is 0. The van der Waals surface area contributed by atoms with Crippen molar-refractivity contribution in [3.8, 4) is 0 Å². The van der Waals surface area contributed by atoms with Crippen molar-refractivity contribution in [3.05, 3.63) is 0 Å². The fourth-order valence-electron chi connectivity index (χ4n) is 0.708. The minimum atomic E-state index is 0.639. The van der Waals surface area contributed by atoms with Crippen LogP contribution in [0, 0.1) is 0 Å². The van der Waals surface area contributed by atoms with E-state index in [9.17, 15) is 0 Å². The van der Waals surface area contributed by atoms with Crippen LogP contribution in [0.4, 0.5) is 0 Å². The Morgan fingerprint density at radius 2 is 2.00 bits per heavy atom. The first-order chi connectivity index (χ1) is 5.07. The zero-order valence-electron chi connectivity index (χ0n) is 8.39. The topological polar surface area (TPSA) is 15.6 Å². The van der Waals surface area contributed by atoms with Crippen molar-refractivity contribution >= 4 is 5.71 Å². The first kappa shape index (κ1) is 10.6. The molecule has 0 amide bonds. The highest BCUT2D eigenvalue weighted by molar-refractivity contribution is 5.81. The van der Waals surface area contributed by atoms with Crippen LogP contribution in [0.25, 0.3) is 0 Å². The molecule has 0 unspecified atom stereocenters. The Hall–Kier alpha value is -0.370. The minimum absolute atomic E-state index is 0.639. The fraction of sp³-hybridized carbons (Fsp3) is 0.889. The maximum atomic E-state index is 4.11. The Balaban J connectivity index is 3.54. The molecule has 2 nitrogen and oxygen atoms in total. The second kappa shape index (κ2) is 5.30. The molecule has 0 aromatic rings. The summed E-state index contributed by atoms with van der Waals surface area (Å²) in [5.41, 5.74) is 1.23. The van der Waals surface area contributed by atoms with Crippen LogP contribution < -0.4 is 0 Å². The zero-order valence-corrected chi connectivity index (χ0v) is 8.39. The van der Waals surface area contributed by atoms with Crippen LogP contribution in [0.1, 0.15) is 27.2 Å². The van der Waals surface area contributed by atoms with Crippen LogP contribution in [0.15, 0.2) is 4.99 Å². The fourth-order valence-corrected chi connectivity index (χ4v) is 0.708. The lowest BCUT2D eigenvalue weighted by atomic mass is 10.2. The third kappa shape index (κ3) is 4.96. The third-order valence-electron chi connectivity index (χ3n) is 2.09. The Kier molecular flexibility index (Phi) is 5.12. The average Bonchev–Trinajstić information content (AvgIpc) is 1.99. The van der Waals surface area contributed by atoms with E-state index in [1.165, 1.54) is 5.71 Å². The molecule has 0 aliphatic rings. The van der Waals surface area contributed by atoms with E-state index in [2.05, 4.69) is 37.7 Å². The summed E-state index contributed by atoms with van der Waals surface area (Å²) in [4.78, 5) is 6.44. The van der Waals surface area contributed by atoms with Crippen molar-refractivity contribution in [1.82, 2.24) is 4.90 Å². The van der Waals surface area contributed by atoms with Crippen molar-refractivity contribution in [2.75, 3.05) is 20.6 Å². The summed E-state index contributed by atoms with van der Waals surface area (Å²) in [6, 6.07) is 0.639. The number of aliphatic imine (C=N–C) groups is 1. The van der Waals surface area contributed by atoms with Crippen LogP contribution in [-0.4, -0.2) is 37.3 Å². The number of rotatable bonds is 4. The van der Waals surface area contributed by atoms with Gasteiger partial charge < -0.3 is 4.90 Å². The van der Waals surface area contributed by atoms with Crippen LogP contribution in [-0.2, 0) is 0 Å². The van der Waals surface area contributed by atoms with Crippen LogP contribution in [0.2, 0.25) is 0 Å². The van der Waals surface area contributed by atoms with Gasteiger partial charge in [-0.2, -0.15) is 0 Å². The van der Waals surface area contributed by atoms with Crippen LogP contribution >= 0.6 is 0 Å². The summed E-state index contributed by atoms with van der Waals surface area (Å²) in [7, 11) is 4.00. The summed E-state index contributed by atoms with van der Waals surface area (Å²) in [6.45, 7) is 7.60. The van der Waals surface area contributed by atoms with Crippen molar-refractivity contribution in [2.45, 2.75) is 33.2 Å². The molecule has 0 saturated carbocycles. The van der Waals surface area contributed by atoms with Gasteiger partial charge in [-0.3, -0.25) is 4.99 Å². The average molecular weight is 156 g/mol.